The van der Waals surface area contributed by atoms with Gasteiger partial charge in [0, 0.05) is 11.6 Å². The zero-order valence-corrected chi connectivity index (χ0v) is 10.8. The van der Waals surface area contributed by atoms with Crippen molar-refractivity contribution in [2.24, 2.45) is 0 Å². The number of carboxylic acids is 1. The molecular formula is C17H13NO2. The summed E-state index contributed by atoms with van der Waals surface area (Å²) < 4.78 is 0. The molecule has 0 atom stereocenters. The molecule has 2 aromatic carbocycles. The molecular weight excluding hydrogens is 250 g/mol. The smallest absolute Gasteiger partial charge is 0.336 e. The van der Waals surface area contributed by atoms with Gasteiger partial charge in [0.1, 0.15) is 0 Å². The maximum Gasteiger partial charge on any atom is 0.336 e. The highest BCUT2D eigenvalue weighted by Gasteiger charge is 2.15. The molecule has 0 radical (unpaired) electrons. The SMILES string of the molecule is O=C(O)c1c(Cc2ccccc2)cnc2ccccc12. The second kappa shape index (κ2) is 5.13. The normalized spacial score (nSPS) is 10.6. The van der Waals surface area contributed by atoms with Gasteiger partial charge in [0.05, 0.1) is 11.1 Å². The Hall–Kier alpha value is -2.68. The van der Waals surface area contributed by atoms with Crippen molar-refractivity contribution in [2.75, 3.05) is 0 Å². The van der Waals surface area contributed by atoms with Gasteiger partial charge in [0.2, 0.25) is 0 Å². The molecule has 0 bridgehead atoms. The number of hydrogen-bond acceptors (Lipinski definition) is 2. The molecule has 0 saturated carbocycles. The fraction of sp³-hybridized carbons (Fsp3) is 0.0588. The molecule has 1 heterocycles. The second-order valence-electron chi connectivity index (χ2n) is 4.64. The first-order valence-corrected chi connectivity index (χ1v) is 6.39. The first kappa shape index (κ1) is 12.4. The molecule has 3 heteroatoms. The Balaban J connectivity index is 2.15. The van der Waals surface area contributed by atoms with E-state index in [9.17, 15) is 9.90 Å². The van der Waals surface area contributed by atoms with Gasteiger partial charge in [-0.05, 0) is 23.6 Å². The first-order valence-electron chi connectivity index (χ1n) is 6.39. The van der Waals surface area contributed by atoms with E-state index in [1.54, 1.807) is 12.3 Å². The molecule has 0 saturated heterocycles. The molecule has 0 aliphatic carbocycles. The summed E-state index contributed by atoms with van der Waals surface area (Å²) in [5.41, 5.74) is 2.87. The van der Waals surface area contributed by atoms with Crippen LogP contribution in [0.2, 0.25) is 0 Å². The van der Waals surface area contributed by atoms with Gasteiger partial charge in [0.25, 0.3) is 0 Å². The van der Waals surface area contributed by atoms with Gasteiger partial charge in [-0.3, -0.25) is 4.98 Å². The van der Waals surface area contributed by atoms with E-state index >= 15 is 0 Å². The number of para-hydroxylation sites is 1. The monoisotopic (exact) mass is 263 g/mol. The van der Waals surface area contributed by atoms with E-state index in [1.165, 1.54) is 0 Å². The molecule has 1 aromatic heterocycles. The number of pyridine rings is 1. The van der Waals surface area contributed by atoms with Crippen LogP contribution in [-0.2, 0) is 6.42 Å². The number of carboxylic acid groups (broad SMARTS) is 1. The summed E-state index contributed by atoms with van der Waals surface area (Å²) in [5.74, 6) is -0.908. The van der Waals surface area contributed by atoms with Gasteiger partial charge in [0.15, 0.2) is 0 Å². The Labute approximate surface area is 116 Å². The highest BCUT2D eigenvalue weighted by Crippen LogP contribution is 2.22. The Morgan fingerprint density at radius 3 is 2.45 bits per heavy atom. The second-order valence-corrected chi connectivity index (χ2v) is 4.64. The summed E-state index contributed by atoms with van der Waals surface area (Å²) in [6, 6.07) is 17.1. The molecule has 1 N–H and O–H groups in total. The van der Waals surface area contributed by atoms with Crippen molar-refractivity contribution in [1.82, 2.24) is 4.98 Å². The largest absolute Gasteiger partial charge is 0.478 e. The van der Waals surface area contributed by atoms with E-state index in [1.807, 2.05) is 48.5 Å². The van der Waals surface area contributed by atoms with E-state index in [0.717, 1.165) is 11.1 Å². The maximum absolute atomic E-state index is 11.6. The molecule has 3 rings (SSSR count). The number of rotatable bonds is 3. The van der Waals surface area contributed by atoms with Crippen LogP contribution in [-0.4, -0.2) is 16.1 Å². The topological polar surface area (TPSA) is 50.2 Å². The molecule has 0 amide bonds. The average Bonchev–Trinajstić information content (AvgIpc) is 2.47. The predicted octanol–water partition coefficient (Wildman–Crippen LogP) is 3.52. The summed E-state index contributed by atoms with van der Waals surface area (Å²) in [5, 5.41) is 10.2. The third kappa shape index (κ3) is 2.26. The van der Waals surface area contributed by atoms with Crippen LogP contribution in [0.1, 0.15) is 21.5 Å². The molecule has 3 aromatic rings. The van der Waals surface area contributed by atoms with Crippen molar-refractivity contribution in [2.45, 2.75) is 6.42 Å². The summed E-state index contributed by atoms with van der Waals surface area (Å²) in [6.07, 6.45) is 2.24. The minimum Gasteiger partial charge on any atom is -0.478 e. The number of hydrogen-bond donors (Lipinski definition) is 1. The number of aromatic carboxylic acids is 1. The summed E-state index contributed by atoms with van der Waals surface area (Å²) in [6.45, 7) is 0. The Morgan fingerprint density at radius 1 is 1.00 bits per heavy atom. The lowest BCUT2D eigenvalue weighted by Crippen LogP contribution is -2.05. The van der Waals surface area contributed by atoms with Crippen molar-refractivity contribution in [1.29, 1.82) is 0 Å². The van der Waals surface area contributed by atoms with Crippen LogP contribution in [0.5, 0.6) is 0 Å². The van der Waals surface area contributed by atoms with Crippen LogP contribution in [0.25, 0.3) is 10.9 Å². The molecule has 3 nitrogen and oxygen atoms in total. The van der Waals surface area contributed by atoms with E-state index in [4.69, 9.17) is 0 Å². The van der Waals surface area contributed by atoms with Gasteiger partial charge in [-0.15, -0.1) is 0 Å². The van der Waals surface area contributed by atoms with Crippen LogP contribution < -0.4 is 0 Å². The van der Waals surface area contributed by atoms with Gasteiger partial charge >= 0.3 is 5.97 Å². The van der Waals surface area contributed by atoms with E-state index < -0.39 is 5.97 Å². The highest BCUT2D eigenvalue weighted by molar-refractivity contribution is 6.03. The minimum atomic E-state index is -0.908. The van der Waals surface area contributed by atoms with Crippen LogP contribution in [0.3, 0.4) is 0 Å². The van der Waals surface area contributed by atoms with Crippen molar-refractivity contribution < 1.29 is 9.90 Å². The van der Waals surface area contributed by atoms with Crippen LogP contribution >= 0.6 is 0 Å². The summed E-state index contributed by atoms with van der Waals surface area (Å²) in [4.78, 5) is 16.0. The van der Waals surface area contributed by atoms with Crippen molar-refractivity contribution in [3.05, 3.63) is 77.5 Å². The first-order chi connectivity index (χ1) is 9.75. The minimum absolute atomic E-state index is 0.347. The van der Waals surface area contributed by atoms with Gasteiger partial charge in [-0.1, -0.05) is 48.5 Å². The van der Waals surface area contributed by atoms with Gasteiger partial charge in [-0.25, -0.2) is 4.79 Å². The van der Waals surface area contributed by atoms with E-state index in [2.05, 4.69) is 4.98 Å². The zero-order chi connectivity index (χ0) is 13.9. The Bertz CT molecular complexity index is 766. The van der Waals surface area contributed by atoms with Crippen LogP contribution in [0.15, 0.2) is 60.8 Å². The Kier molecular flexibility index (Phi) is 3.17. The number of benzene rings is 2. The zero-order valence-electron chi connectivity index (χ0n) is 10.8. The predicted molar refractivity (Wildman–Crippen MR) is 78.0 cm³/mol. The van der Waals surface area contributed by atoms with Crippen LogP contribution in [0.4, 0.5) is 0 Å². The quantitative estimate of drug-likeness (QED) is 0.786. The average molecular weight is 263 g/mol. The van der Waals surface area contributed by atoms with Crippen molar-refractivity contribution in [3.8, 4) is 0 Å². The molecule has 0 fully saturated rings. The van der Waals surface area contributed by atoms with Crippen molar-refractivity contribution >= 4 is 16.9 Å². The lowest BCUT2D eigenvalue weighted by molar-refractivity contribution is 0.0698. The lowest BCUT2D eigenvalue weighted by Gasteiger charge is -2.09. The van der Waals surface area contributed by atoms with Gasteiger partial charge < -0.3 is 5.11 Å². The standard InChI is InChI=1S/C17H13NO2/c19-17(20)16-13(10-12-6-2-1-3-7-12)11-18-15-9-5-4-8-14(15)16/h1-9,11H,10H2,(H,19,20). The number of fused-ring (bicyclic) bond motifs is 1. The highest BCUT2D eigenvalue weighted by atomic mass is 16.4. The fourth-order valence-electron chi connectivity index (χ4n) is 2.38. The fourth-order valence-corrected chi connectivity index (χ4v) is 2.38. The van der Waals surface area contributed by atoms with Gasteiger partial charge in [-0.2, -0.15) is 0 Å². The lowest BCUT2D eigenvalue weighted by atomic mass is 9.98. The third-order valence-electron chi connectivity index (χ3n) is 3.31. The molecule has 20 heavy (non-hydrogen) atoms. The number of nitrogens with zero attached hydrogens (tertiary/aromatic N) is 1. The summed E-state index contributed by atoms with van der Waals surface area (Å²) in [7, 11) is 0. The summed E-state index contributed by atoms with van der Waals surface area (Å²) >= 11 is 0. The molecule has 98 valence electrons. The number of aromatic nitrogens is 1. The third-order valence-corrected chi connectivity index (χ3v) is 3.31. The molecule has 0 unspecified atom stereocenters. The van der Waals surface area contributed by atoms with E-state index in [-0.39, 0.29) is 0 Å². The molecule has 0 spiro atoms. The van der Waals surface area contributed by atoms with E-state index in [0.29, 0.717) is 22.9 Å². The van der Waals surface area contributed by atoms with Crippen molar-refractivity contribution in [3.63, 3.8) is 0 Å². The number of carbonyl (C=O) groups is 1. The van der Waals surface area contributed by atoms with Crippen LogP contribution in [0, 0.1) is 0 Å². The Morgan fingerprint density at radius 2 is 1.70 bits per heavy atom. The maximum atomic E-state index is 11.6. The molecule has 0 aliphatic heterocycles. The molecule has 0 aliphatic rings.